The van der Waals surface area contributed by atoms with E-state index in [0.29, 0.717) is 41.3 Å². The van der Waals surface area contributed by atoms with Crippen LogP contribution in [0.1, 0.15) is 37.6 Å². The minimum absolute atomic E-state index is 0.0363. The number of anilines is 2. The number of fused-ring (bicyclic) bond motifs is 1. The van der Waals surface area contributed by atoms with Crippen molar-refractivity contribution in [1.29, 1.82) is 0 Å². The third kappa shape index (κ3) is 5.04. The molecule has 8 nitrogen and oxygen atoms in total. The van der Waals surface area contributed by atoms with Crippen molar-refractivity contribution in [3.8, 4) is 0 Å². The first kappa shape index (κ1) is 21.5. The molecule has 0 radical (unpaired) electrons. The Labute approximate surface area is 173 Å². The summed E-state index contributed by atoms with van der Waals surface area (Å²) in [6.07, 6.45) is 3.58. The summed E-state index contributed by atoms with van der Waals surface area (Å²) in [7, 11) is 0. The highest BCUT2D eigenvalue weighted by atomic mass is 19.1. The summed E-state index contributed by atoms with van der Waals surface area (Å²) in [6.45, 7) is 6.43. The quantitative estimate of drug-likeness (QED) is 0.414. The molecule has 30 heavy (non-hydrogen) atoms. The first-order valence-electron chi connectivity index (χ1n) is 9.82. The number of nitrogens with one attached hydrogen (secondary N) is 3. The Morgan fingerprint density at radius 3 is 2.67 bits per heavy atom. The summed E-state index contributed by atoms with van der Waals surface area (Å²) >= 11 is 0. The maximum absolute atomic E-state index is 13.6. The van der Waals surface area contributed by atoms with Crippen LogP contribution in [0.2, 0.25) is 0 Å². The van der Waals surface area contributed by atoms with Gasteiger partial charge in [-0.1, -0.05) is 13.8 Å². The molecule has 2 aromatic heterocycles. The molecule has 2 heterocycles. The lowest BCUT2D eigenvalue weighted by Crippen LogP contribution is -2.35. The van der Waals surface area contributed by atoms with Crippen molar-refractivity contribution in [1.82, 2.24) is 15.3 Å². The van der Waals surface area contributed by atoms with E-state index >= 15 is 0 Å². The molecule has 0 aliphatic rings. The summed E-state index contributed by atoms with van der Waals surface area (Å²) in [5, 5.41) is 18.1. The number of halogens is 1. The fourth-order valence-electron chi connectivity index (χ4n) is 3.12. The number of hydrogen-bond acceptors (Lipinski definition) is 6. The van der Waals surface area contributed by atoms with E-state index in [0.717, 1.165) is 5.56 Å². The van der Waals surface area contributed by atoms with Crippen molar-refractivity contribution in [3.63, 3.8) is 0 Å². The summed E-state index contributed by atoms with van der Waals surface area (Å²) in [5.41, 5.74) is 1.81. The number of carbonyl (C=O) groups is 1. The predicted octanol–water partition coefficient (Wildman–Crippen LogP) is 3.98. The van der Waals surface area contributed by atoms with Crippen LogP contribution in [-0.4, -0.2) is 34.3 Å². The van der Waals surface area contributed by atoms with Crippen molar-refractivity contribution < 1.29 is 18.7 Å². The van der Waals surface area contributed by atoms with Gasteiger partial charge in [-0.05, 0) is 37.5 Å². The van der Waals surface area contributed by atoms with E-state index in [1.807, 2.05) is 20.8 Å². The number of urea groups is 1. The van der Waals surface area contributed by atoms with Gasteiger partial charge < -0.3 is 25.5 Å². The molecule has 9 heteroatoms. The van der Waals surface area contributed by atoms with Crippen molar-refractivity contribution in [3.05, 3.63) is 47.7 Å². The number of aryl methyl sites for hydroxylation is 1. The molecule has 0 spiro atoms. The molecule has 160 valence electrons. The normalized spacial score (nSPS) is 12.2. The maximum Gasteiger partial charge on any atom is 0.319 e. The van der Waals surface area contributed by atoms with Crippen LogP contribution in [-0.2, 0) is 0 Å². The first-order chi connectivity index (χ1) is 14.4. The molecule has 0 aliphatic carbocycles. The lowest BCUT2D eigenvalue weighted by molar-refractivity contribution is 0.241. The lowest BCUT2D eigenvalue weighted by atomic mass is 9.98. The molecule has 0 aliphatic heterocycles. The Balaban J connectivity index is 1.70. The summed E-state index contributed by atoms with van der Waals surface area (Å²) in [6, 6.07) is 3.54. The van der Waals surface area contributed by atoms with Gasteiger partial charge in [-0.3, -0.25) is 0 Å². The Kier molecular flexibility index (Phi) is 6.83. The molecule has 1 atom stereocenters. The molecule has 0 fully saturated rings. The molecule has 0 bridgehead atoms. The second-order valence-corrected chi connectivity index (χ2v) is 7.35. The Bertz CT molecular complexity index is 1000. The van der Waals surface area contributed by atoms with E-state index in [2.05, 4.69) is 25.9 Å². The van der Waals surface area contributed by atoms with Crippen LogP contribution < -0.4 is 16.0 Å². The number of nitrogens with zero attached hydrogens (tertiary/aromatic N) is 2. The van der Waals surface area contributed by atoms with Gasteiger partial charge in [0.15, 0.2) is 0 Å². The van der Waals surface area contributed by atoms with Crippen LogP contribution in [0.3, 0.4) is 0 Å². The van der Waals surface area contributed by atoms with E-state index in [4.69, 9.17) is 9.52 Å². The highest BCUT2D eigenvalue weighted by Crippen LogP contribution is 2.33. The highest BCUT2D eigenvalue weighted by molar-refractivity contribution is 5.89. The second-order valence-electron chi connectivity index (χ2n) is 7.35. The molecule has 2 amide bonds. The molecule has 0 saturated heterocycles. The van der Waals surface area contributed by atoms with Crippen LogP contribution in [0, 0.1) is 18.7 Å². The molecule has 3 rings (SSSR count). The number of benzene rings is 1. The summed E-state index contributed by atoms with van der Waals surface area (Å²) in [4.78, 5) is 20.8. The molecular weight excluding hydrogens is 389 g/mol. The summed E-state index contributed by atoms with van der Waals surface area (Å²) < 4.78 is 19.5. The number of hydrogen-bond donors (Lipinski definition) is 4. The number of furan rings is 1. The van der Waals surface area contributed by atoms with E-state index in [-0.39, 0.29) is 18.3 Å². The molecular formula is C21H26FN5O3. The SMILES string of the molecule is Cc1c([C@@H](NC(=O)Nc2cnc(NCCCO)nc2)C(C)C)oc2ccc(F)cc12. The fourth-order valence-corrected chi connectivity index (χ4v) is 3.12. The lowest BCUT2D eigenvalue weighted by Gasteiger charge is -2.21. The molecule has 0 saturated carbocycles. The zero-order valence-electron chi connectivity index (χ0n) is 17.2. The van der Waals surface area contributed by atoms with E-state index < -0.39 is 12.1 Å². The Morgan fingerprint density at radius 1 is 1.27 bits per heavy atom. The predicted molar refractivity (Wildman–Crippen MR) is 113 cm³/mol. The van der Waals surface area contributed by atoms with Gasteiger partial charge in [-0.2, -0.15) is 0 Å². The van der Waals surface area contributed by atoms with E-state index in [1.165, 1.54) is 24.5 Å². The van der Waals surface area contributed by atoms with Crippen LogP contribution >= 0.6 is 0 Å². The van der Waals surface area contributed by atoms with Crippen molar-refractivity contribution in [2.45, 2.75) is 33.2 Å². The third-order valence-electron chi connectivity index (χ3n) is 4.70. The highest BCUT2D eigenvalue weighted by Gasteiger charge is 2.25. The van der Waals surface area contributed by atoms with E-state index in [9.17, 15) is 9.18 Å². The number of aliphatic hydroxyl groups excluding tert-OH is 1. The molecule has 1 aromatic carbocycles. The zero-order chi connectivity index (χ0) is 21.7. The number of carbonyl (C=O) groups excluding carboxylic acids is 1. The maximum atomic E-state index is 13.6. The van der Waals surface area contributed by atoms with Gasteiger partial charge in [0.05, 0.1) is 24.1 Å². The third-order valence-corrected chi connectivity index (χ3v) is 4.70. The average Bonchev–Trinajstić information content (AvgIpc) is 3.03. The fraction of sp³-hybridized carbons (Fsp3) is 0.381. The number of amides is 2. The average molecular weight is 415 g/mol. The minimum Gasteiger partial charge on any atom is -0.459 e. The second kappa shape index (κ2) is 9.53. The number of rotatable bonds is 8. The molecule has 4 N–H and O–H groups in total. The van der Waals surface area contributed by atoms with Crippen molar-refractivity contribution >= 4 is 28.6 Å². The Hall–Kier alpha value is -3.20. The van der Waals surface area contributed by atoms with Crippen molar-refractivity contribution in [2.75, 3.05) is 23.8 Å². The minimum atomic E-state index is -0.427. The first-order valence-corrected chi connectivity index (χ1v) is 9.82. The van der Waals surface area contributed by atoms with Gasteiger partial charge in [0.1, 0.15) is 17.2 Å². The zero-order valence-corrected chi connectivity index (χ0v) is 17.2. The standard InChI is InChI=1S/C21H26FN5O3/c1-12(2)18(19-13(3)16-9-14(22)5-6-17(16)30-19)27-21(29)26-15-10-24-20(25-11-15)23-7-4-8-28/h5-6,9-12,18,28H,4,7-8H2,1-3H3,(H,23,24,25)(H2,26,27,29)/t18-/m0/s1. The number of aliphatic hydroxyl groups is 1. The monoisotopic (exact) mass is 415 g/mol. The van der Waals surface area contributed by atoms with Gasteiger partial charge >= 0.3 is 6.03 Å². The molecule has 3 aromatic rings. The van der Waals surface area contributed by atoms with Crippen LogP contribution in [0.4, 0.5) is 20.8 Å². The topological polar surface area (TPSA) is 112 Å². The van der Waals surface area contributed by atoms with Crippen LogP contribution in [0.5, 0.6) is 0 Å². The van der Waals surface area contributed by atoms with Gasteiger partial charge in [0.25, 0.3) is 0 Å². The van der Waals surface area contributed by atoms with Crippen LogP contribution in [0.15, 0.2) is 35.0 Å². The van der Waals surface area contributed by atoms with Gasteiger partial charge in [-0.25, -0.2) is 19.2 Å². The Morgan fingerprint density at radius 2 is 2.00 bits per heavy atom. The van der Waals surface area contributed by atoms with E-state index in [1.54, 1.807) is 6.07 Å². The van der Waals surface area contributed by atoms with Gasteiger partial charge in [0, 0.05) is 24.1 Å². The summed E-state index contributed by atoms with van der Waals surface area (Å²) in [5.74, 6) is 0.716. The van der Waals surface area contributed by atoms with Gasteiger partial charge in [0.2, 0.25) is 5.95 Å². The molecule has 0 unspecified atom stereocenters. The van der Waals surface area contributed by atoms with Crippen molar-refractivity contribution in [2.24, 2.45) is 5.92 Å². The smallest absolute Gasteiger partial charge is 0.319 e. The van der Waals surface area contributed by atoms with Gasteiger partial charge in [-0.15, -0.1) is 0 Å². The van der Waals surface area contributed by atoms with Crippen LogP contribution in [0.25, 0.3) is 11.0 Å². The number of aromatic nitrogens is 2. The largest absolute Gasteiger partial charge is 0.459 e.